The van der Waals surface area contributed by atoms with E-state index in [4.69, 9.17) is 9.47 Å². The normalized spacial score (nSPS) is 37.1. The standard InChI is InChI=1S/C28H44O5/c1-6-22-13-14-24-20(10-9-15-27(22,24)5)11-12-21-16-28(31,17-25(29)19(21)4)32-18-26(30)33-23(7-2)8-3/h11-12,22-25,29,31H,4,6-10,13-18H2,1-3,5H3/t22-,24-,25-,27+,28-/m0/s1. The van der Waals surface area contributed by atoms with Crippen molar-refractivity contribution in [3.63, 3.8) is 0 Å². The Labute approximate surface area is 199 Å². The molecule has 0 aliphatic heterocycles. The van der Waals surface area contributed by atoms with Gasteiger partial charge in [-0.25, -0.2) is 4.79 Å². The summed E-state index contributed by atoms with van der Waals surface area (Å²) in [6.45, 7) is 12.4. The summed E-state index contributed by atoms with van der Waals surface area (Å²) in [5, 5.41) is 21.6. The van der Waals surface area contributed by atoms with Gasteiger partial charge < -0.3 is 19.7 Å². The van der Waals surface area contributed by atoms with Gasteiger partial charge >= 0.3 is 5.97 Å². The molecule has 0 aromatic heterocycles. The van der Waals surface area contributed by atoms with Crippen LogP contribution >= 0.6 is 0 Å². The van der Waals surface area contributed by atoms with E-state index >= 15 is 0 Å². The highest BCUT2D eigenvalue weighted by atomic mass is 16.6. The van der Waals surface area contributed by atoms with Gasteiger partial charge in [-0.1, -0.05) is 58.4 Å². The molecule has 33 heavy (non-hydrogen) atoms. The minimum absolute atomic E-state index is 0.00309. The van der Waals surface area contributed by atoms with E-state index in [1.807, 2.05) is 19.9 Å². The van der Waals surface area contributed by atoms with Crippen LogP contribution in [-0.4, -0.2) is 40.8 Å². The lowest BCUT2D eigenvalue weighted by atomic mass is 9.63. The lowest BCUT2D eigenvalue weighted by Gasteiger charge is -2.42. The Morgan fingerprint density at radius 2 is 1.97 bits per heavy atom. The molecule has 0 amide bonds. The van der Waals surface area contributed by atoms with Crippen LogP contribution in [0.1, 0.15) is 91.9 Å². The van der Waals surface area contributed by atoms with Gasteiger partial charge in [0.15, 0.2) is 5.79 Å². The molecule has 5 atom stereocenters. The zero-order valence-electron chi connectivity index (χ0n) is 21.1. The number of carbonyl (C=O) groups excluding carboxylic acids is 1. The fraction of sp³-hybridized carbons (Fsp3) is 0.750. The van der Waals surface area contributed by atoms with Crippen LogP contribution in [0.15, 0.2) is 35.5 Å². The van der Waals surface area contributed by atoms with E-state index < -0.39 is 17.9 Å². The molecule has 5 heteroatoms. The number of aliphatic hydroxyl groups excluding tert-OH is 1. The molecule has 3 fully saturated rings. The van der Waals surface area contributed by atoms with Crippen molar-refractivity contribution in [1.82, 2.24) is 0 Å². The molecule has 3 aliphatic carbocycles. The smallest absolute Gasteiger partial charge is 0.332 e. The fourth-order valence-electron chi connectivity index (χ4n) is 6.49. The summed E-state index contributed by atoms with van der Waals surface area (Å²) in [6.07, 6.45) is 12.3. The Morgan fingerprint density at radius 1 is 1.24 bits per heavy atom. The van der Waals surface area contributed by atoms with E-state index in [9.17, 15) is 15.0 Å². The second kappa shape index (κ2) is 10.9. The maximum absolute atomic E-state index is 12.1. The molecule has 3 aliphatic rings. The summed E-state index contributed by atoms with van der Waals surface area (Å²) in [4.78, 5) is 12.1. The van der Waals surface area contributed by atoms with Crippen molar-refractivity contribution in [3.8, 4) is 0 Å². The number of rotatable bonds is 8. The summed E-state index contributed by atoms with van der Waals surface area (Å²) in [5.74, 6) is -0.690. The third kappa shape index (κ3) is 5.80. The summed E-state index contributed by atoms with van der Waals surface area (Å²) in [7, 11) is 0. The number of aliphatic hydroxyl groups is 2. The molecule has 0 radical (unpaired) electrons. The first-order chi connectivity index (χ1) is 15.7. The number of carbonyl (C=O) groups is 1. The number of allylic oxidation sites excluding steroid dienone is 3. The second-order valence-corrected chi connectivity index (χ2v) is 10.6. The molecule has 0 heterocycles. The van der Waals surface area contributed by atoms with E-state index in [1.165, 1.54) is 37.7 Å². The number of hydrogen-bond acceptors (Lipinski definition) is 5. The van der Waals surface area contributed by atoms with Crippen molar-refractivity contribution < 1.29 is 24.5 Å². The lowest BCUT2D eigenvalue weighted by molar-refractivity contribution is -0.226. The number of ether oxygens (including phenoxy) is 2. The van der Waals surface area contributed by atoms with Crippen LogP contribution in [0.5, 0.6) is 0 Å². The Hall–Kier alpha value is -1.43. The van der Waals surface area contributed by atoms with E-state index in [-0.39, 0.29) is 25.6 Å². The van der Waals surface area contributed by atoms with Crippen molar-refractivity contribution in [1.29, 1.82) is 0 Å². The van der Waals surface area contributed by atoms with Gasteiger partial charge in [0.25, 0.3) is 0 Å². The van der Waals surface area contributed by atoms with Gasteiger partial charge in [0.05, 0.1) is 6.10 Å². The highest BCUT2D eigenvalue weighted by molar-refractivity contribution is 5.71. The summed E-state index contributed by atoms with van der Waals surface area (Å²) >= 11 is 0. The molecule has 0 aromatic carbocycles. The van der Waals surface area contributed by atoms with Crippen molar-refractivity contribution in [3.05, 3.63) is 35.5 Å². The van der Waals surface area contributed by atoms with Crippen LogP contribution in [0.25, 0.3) is 0 Å². The first-order valence-electron chi connectivity index (χ1n) is 13.0. The summed E-state index contributed by atoms with van der Waals surface area (Å²) in [5.41, 5.74) is 3.28. The highest BCUT2D eigenvalue weighted by Crippen LogP contribution is 2.58. The Balaban J connectivity index is 1.70. The van der Waals surface area contributed by atoms with Crippen LogP contribution < -0.4 is 0 Å². The summed E-state index contributed by atoms with van der Waals surface area (Å²) in [6, 6.07) is 0. The van der Waals surface area contributed by atoms with Crippen molar-refractivity contribution in [2.75, 3.05) is 6.61 Å². The lowest BCUT2D eigenvalue weighted by Crippen LogP contribution is -2.43. The van der Waals surface area contributed by atoms with Crippen molar-refractivity contribution in [2.45, 2.75) is 110 Å². The van der Waals surface area contributed by atoms with E-state index in [1.54, 1.807) is 0 Å². The maximum atomic E-state index is 12.1. The minimum Gasteiger partial charge on any atom is -0.461 e. The molecular weight excluding hydrogens is 416 g/mol. The summed E-state index contributed by atoms with van der Waals surface area (Å²) < 4.78 is 11.0. The van der Waals surface area contributed by atoms with Gasteiger partial charge in [-0.15, -0.1) is 0 Å². The molecule has 0 bridgehead atoms. The van der Waals surface area contributed by atoms with Crippen molar-refractivity contribution in [2.24, 2.45) is 17.3 Å². The molecule has 0 saturated heterocycles. The fourth-order valence-corrected chi connectivity index (χ4v) is 6.49. The molecule has 0 unspecified atom stereocenters. The van der Waals surface area contributed by atoms with Crippen LogP contribution in [-0.2, 0) is 14.3 Å². The molecule has 0 spiro atoms. The predicted molar refractivity (Wildman–Crippen MR) is 130 cm³/mol. The first kappa shape index (κ1) is 26.2. The van der Waals surface area contributed by atoms with Crippen LogP contribution in [0.3, 0.4) is 0 Å². The predicted octanol–water partition coefficient (Wildman–Crippen LogP) is 5.61. The van der Waals surface area contributed by atoms with E-state index in [0.29, 0.717) is 16.9 Å². The zero-order chi connectivity index (χ0) is 24.2. The topological polar surface area (TPSA) is 76.0 Å². The minimum atomic E-state index is -1.61. The number of hydrogen-bond donors (Lipinski definition) is 2. The second-order valence-electron chi connectivity index (χ2n) is 10.6. The zero-order valence-corrected chi connectivity index (χ0v) is 21.1. The third-order valence-corrected chi connectivity index (χ3v) is 8.61. The molecule has 0 aromatic rings. The Morgan fingerprint density at radius 3 is 2.64 bits per heavy atom. The van der Waals surface area contributed by atoms with Gasteiger partial charge in [-0.3, -0.25) is 0 Å². The van der Waals surface area contributed by atoms with Gasteiger partial charge in [-0.2, -0.15) is 0 Å². The Bertz CT molecular complexity index is 779. The number of esters is 1. The van der Waals surface area contributed by atoms with Crippen molar-refractivity contribution >= 4 is 5.97 Å². The van der Waals surface area contributed by atoms with Crippen LogP contribution in [0.2, 0.25) is 0 Å². The average Bonchev–Trinajstić information content (AvgIpc) is 3.14. The molecule has 3 rings (SSSR count). The average molecular weight is 461 g/mol. The SMILES string of the molecule is C=C1C(=CC=C2CCC[C@]3(C)[C@@H](CC)CC[C@@H]23)C[C@](O)(OCC(=O)OC(CC)CC)C[C@@H]1O. The number of fused-ring (bicyclic) bond motifs is 1. The van der Waals surface area contributed by atoms with Crippen LogP contribution in [0.4, 0.5) is 0 Å². The molecule has 2 N–H and O–H groups in total. The molecule has 5 nitrogen and oxygen atoms in total. The Kier molecular flexibility index (Phi) is 8.63. The largest absolute Gasteiger partial charge is 0.461 e. The van der Waals surface area contributed by atoms with Gasteiger partial charge in [0.1, 0.15) is 12.7 Å². The molecule has 3 saturated carbocycles. The quantitative estimate of drug-likeness (QED) is 0.363. The molecular formula is C28H44O5. The van der Waals surface area contributed by atoms with Crippen LogP contribution in [0, 0.1) is 17.3 Å². The van der Waals surface area contributed by atoms with Gasteiger partial charge in [-0.05, 0) is 73.3 Å². The third-order valence-electron chi connectivity index (χ3n) is 8.61. The monoisotopic (exact) mass is 460 g/mol. The highest BCUT2D eigenvalue weighted by Gasteiger charge is 2.48. The van der Waals surface area contributed by atoms with Gasteiger partial charge in [0, 0.05) is 12.8 Å². The molecule has 186 valence electrons. The first-order valence-corrected chi connectivity index (χ1v) is 13.0. The maximum Gasteiger partial charge on any atom is 0.332 e. The van der Waals surface area contributed by atoms with E-state index in [0.717, 1.165) is 30.8 Å². The van der Waals surface area contributed by atoms with Gasteiger partial charge in [0.2, 0.25) is 0 Å². The van der Waals surface area contributed by atoms with E-state index in [2.05, 4.69) is 26.5 Å².